The number of hydrogen-bond acceptors (Lipinski definition) is 10. The molecule has 0 aliphatic heterocycles. The van der Waals surface area contributed by atoms with Crippen molar-refractivity contribution < 1.29 is 49.8 Å². The smallest absolute Gasteiger partial charge is 0.141 e. The van der Waals surface area contributed by atoms with Gasteiger partial charge in [0.05, 0.1) is 36.6 Å². The van der Waals surface area contributed by atoms with Gasteiger partial charge in [0, 0.05) is 47.8 Å². The zero-order valence-electron chi connectivity index (χ0n) is 86.2. The van der Waals surface area contributed by atoms with Gasteiger partial charge in [-0.15, -0.1) is 0 Å². The van der Waals surface area contributed by atoms with Crippen LogP contribution in [0.4, 0.5) is 0 Å². The number of carbonyl (C=O) groups excluding carboxylic acids is 4. The Bertz CT molecular complexity index is 5230. The second-order valence-corrected chi connectivity index (χ2v) is 50.6. The first kappa shape index (κ1) is 98.0. The molecule has 18 aliphatic rings. The predicted octanol–water partition coefficient (Wildman–Crippen LogP) is 25.6. The van der Waals surface area contributed by atoms with Crippen LogP contribution in [0.3, 0.4) is 0 Å². The highest BCUT2D eigenvalue weighted by atomic mass is 16.3. The summed E-state index contributed by atoms with van der Waals surface area (Å²) >= 11 is 0. The van der Waals surface area contributed by atoms with Gasteiger partial charge in [-0.05, 0) is 468 Å². The maximum atomic E-state index is 13.1. The molecule has 6 aromatic carbocycles. The van der Waals surface area contributed by atoms with Crippen LogP contribution in [0.15, 0.2) is 121 Å². The Labute approximate surface area is 817 Å². The molecular weight excluding hydrogens is 1670 g/mol. The first-order valence-corrected chi connectivity index (χ1v) is 54.8. The SMILES string of the molecule is CC(=O)C1CCC2C3CCc4cc(C)ccc4C3=CC[C@]12C.CC(=O)C1CCC2C3CCc4cc(C)ccc4C3=CC[C@]12C.CC(=O)C1CCC2C3CCc4cc(C)ccc4C3C(=O)C[C@]12C.Cc1ccc2c(c1)CCC1C2[C@@H](O)C[C@]2(C)C(C(C)O)CCC12.Cc1ccc2c(c1)CCC1C2[C@H](O)C[C@]2(C)C(C(C)O)CCC12.Cc1ccc2c(c1)CCC1C2[C@H](O)C[C@]2(C)C(C(C)O)CCC12. The molecule has 18 aliphatic carbocycles. The van der Waals surface area contributed by atoms with E-state index in [9.17, 15) is 49.8 Å². The number of carbonyl (C=O) groups is 4. The third-order valence-electron chi connectivity index (χ3n) is 43.3. The molecule has 24 rings (SSSR count). The molecule has 6 aromatic rings. The van der Waals surface area contributed by atoms with Crippen molar-refractivity contribution in [1.29, 1.82) is 0 Å². The molecule has 0 spiro atoms. The number of fused-ring (bicyclic) bond motifs is 30. The Balaban J connectivity index is 0.000000105. The summed E-state index contributed by atoms with van der Waals surface area (Å²) in [5.74, 6) is 11.7. The average molecular weight is 1840 g/mol. The normalized spacial score (nSPS) is 40.3. The molecule has 136 heavy (non-hydrogen) atoms. The van der Waals surface area contributed by atoms with Crippen LogP contribution in [0.25, 0.3) is 11.1 Å². The quantitative estimate of drug-likeness (QED) is 0.0936. The van der Waals surface area contributed by atoms with Gasteiger partial charge in [-0.2, -0.15) is 0 Å². The van der Waals surface area contributed by atoms with Gasteiger partial charge in [-0.25, -0.2) is 0 Å². The second kappa shape index (κ2) is 37.5. The monoisotopic (exact) mass is 1840 g/mol. The largest absolute Gasteiger partial charge is 0.393 e. The summed E-state index contributed by atoms with van der Waals surface area (Å²) in [4.78, 5) is 49.3. The highest BCUT2D eigenvalue weighted by Gasteiger charge is 2.65. The van der Waals surface area contributed by atoms with Gasteiger partial charge in [-0.3, -0.25) is 19.2 Å². The van der Waals surface area contributed by atoms with Crippen LogP contribution < -0.4 is 0 Å². The molecular formula is C126H168O10. The van der Waals surface area contributed by atoms with Gasteiger partial charge in [-0.1, -0.05) is 196 Å². The van der Waals surface area contributed by atoms with E-state index in [0.29, 0.717) is 130 Å². The van der Waals surface area contributed by atoms with Crippen molar-refractivity contribution >= 4 is 34.3 Å². The highest BCUT2D eigenvalue weighted by molar-refractivity contribution is 5.90. The number of ketones is 4. The van der Waals surface area contributed by atoms with Crippen LogP contribution in [0.5, 0.6) is 0 Å². The van der Waals surface area contributed by atoms with E-state index in [4.69, 9.17) is 0 Å². The van der Waals surface area contributed by atoms with E-state index in [-0.39, 0.29) is 98.6 Å². The molecule has 10 nitrogen and oxygen atoms in total. The number of aliphatic hydroxyl groups excluding tert-OH is 6. The zero-order chi connectivity index (χ0) is 96.4. The topological polar surface area (TPSA) is 190 Å². The highest BCUT2D eigenvalue weighted by Crippen LogP contribution is 2.70. The number of benzene rings is 6. The van der Waals surface area contributed by atoms with E-state index in [0.717, 1.165) is 109 Å². The van der Waals surface area contributed by atoms with Gasteiger partial charge in [0.15, 0.2) is 0 Å². The summed E-state index contributed by atoms with van der Waals surface area (Å²) in [5, 5.41) is 63.9. The lowest BCUT2D eigenvalue weighted by molar-refractivity contribution is -0.136. The van der Waals surface area contributed by atoms with Gasteiger partial charge in [0.2, 0.25) is 0 Å². The summed E-state index contributed by atoms with van der Waals surface area (Å²) in [6, 6.07) is 40.9. The molecule has 0 saturated heterocycles. The Morgan fingerprint density at radius 2 is 0.588 bits per heavy atom. The number of allylic oxidation sites excluding steroid dienone is 4. The van der Waals surface area contributed by atoms with Crippen LogP contribution in [0.2, 0.25) is 0 Å². The van der Waals surface area contributed by atoms with Crippen molar-refractivity contribution in [1.82, 2.24) is 0 Å². The third kappa shape index (κ3) is 16.8. The second-order valence-electron chi connectivity index (χ2n) is 50.6. The summed E-state index contributed by atoms with van der Waals surface area (Å²) in [6.07, 6.45) is 36.7. The van der Waals surface area contributed by atoms with E-state index in [1.807, 2.05) is 20.8 Å². The van der Waals surface area contributed by atoms with Crippen LogP contribution >= 0.6 is 0 Å². The first-order valence-electron chi connectivity index (χ1n) is 54.8. The first-order chi connectivity index (χ1) is 64.7. The van der Waals surface area contributed by atoms with E-state index in [2.05, 4.69) is 204 Å². The van der Waals surface area contributed by atoms with Crippen molar-refractivity contribution in [3.05, 3.63) is 221 Å². The molecule has 0 aromatic heterocycles. The molecule has 10 heteroatoms. The van der Waals surface area contributed by atoms with E-state index in [1.165, 1.54) is 177 Å². The lowest BCUT2D eigenvalue weighted by Crippen LogP contribution is -2.50. The standard InChI is InChI=1S/3C21H30O2.C21H26O2.2C21H26O/c4*1-12-4-6-15-14(10-12)5-7-16-18-9-8-17(13(2)22)21(18,3)11-19(23)20(15)16;2*1-13-4-6-16-15(12-13)5-7-18-17(16)10-11-21(3)19(14(2)22)8-9-20(18)21/h3*4,6,10,13,16-20,22-23H,5,7-9,11H2,1-3H3;4,6,10,16-18,20H,5,7-9,11H2,1-3H3;2*4,6,10,12,18-20H,5,7-9,11H2,1-3H3/t13?,16?,17?,18?,19-,20?,21+;2*13?,16?,17?,18?,19-,20?,21-;16?,17?,18?,20?,21-;2*18?,19?,20?,21-/m011111/s1. The minimum Gasteiger partial charge on any atom is -0.393 e. The third-order valence-corrected chi connectivity index (χ3v) is 43.3. The fraction of sp³-hybridized carbons (Fsp3) is 0.651. The molecule has 0 heterocycles. The van der Waals surface area contributed by atoms with Gasteiger partial charge in [0.1, 0.15) is 23.1 Å². The fourth-order valence-electron chi connectivity index (χ4n) is 37.6. The average Bonchev–Trinajstić information content (AvgIpc) is 0.897. The fourth-order valence-corrected chi connectivity index (χ4v) is 37.6. The molecule has 25 unspecified atom stereocenters. The molecule has 34 atom stereocenters. The van der Waals surface area contributed by atoms with Crippen molar-refractivity contribution in [2.75, 3.05) is 0 Å². The summed E-state index contributed by atoms with van der Waals surface area (Å²) < 4.78 is 0. The van der Waals surface area contributed by atoms with E-state index < -0.39 is 0 Å². The van der Waals surface area contributed by atoms with E-state index >= 15 is 0 Å². The van der Waals surface area contributed by atoms with Gasteiger partial charge < -0.3 is 30.6 Å². The Hall–Kier alpha value is -6.76. The molecule has 0 amide bonds. The summed E-state index contributed by atoms with van der Waals surface area (Å²) in [7, 11) is 0. The minimum absolute atomic E-state index is 0.0862. The predicted molar refractivity (Wildman–Crippen MR) is 549 cm³/mol. The molecule has 10 saturated carbocycles. The van der Waals surface area contributed by atoms with Crippen molar-refractivity contribution in [3.63, 3.8) is 0 Å². The van der Waals surface area contributed by atoms with Gasteiger partial charge in [0.25, 0.3) is 0 Å². The van der Waals surface area contributed by atoms with Crippen molar-refractivity contribution in [2.24, 2.45) is 139 Å². The number of Topliss-reactive ketones (excluding diaryl/α,β-unsaturated/α-hetero) is 4. The van der Waals surface area contributed by atoms with Crippen molar-refractivity contribution in [3.8, 4) is 0 Å². The van der Waals surface area contributed by atoms with Crippen molar-refractivity contribution in [2.45, 2.75) is 378 Å². The van der Waals surface area contributed by atoms with E-state index in [1.54, 1.807) is 31.9 Å². The van der Waals surface area contributed by atoms with Gasteiger partial charge >= 0.3 is 0 Å². The minimum atomic E-state index is -0.262. The Morgan fingerprint density at radius 1 is 0.316 bits per heavy atom. The number of aryl methyl sites for hydroxylation is 12. The Morgan fingerprint density at radius 3 is 0.919 bits per heavy atom. The van der Waals surface area contributed by atoms with Crippen LogP contribution in [-0.4, -0.2) is 90.4 Å². The summed E-state index contributed by atoms with van der Waals surface area (Å²) in [5.41, 5.74) is 29.1. The maximum Gasteiger partial charge on any atom is 0.141 e. The Kier molecular flexibility index (Phi) is 27.0. The molecule has 0 radical (unpaired) electrons. The lowest BCUT2D eigenvalue weighted by Gasteiger charge is -2.53. The maximum absolute atomic E-state index is 13.1. The molecule has 6 N–H and O–H groups in total. The van der Waals surface area contributed by atoms with Crippen LogP contribution in [-0.2, 0) is 57.7 Å². The number of aliphatic hydroxyl groups is 6. The zero-order valence-corrected chi connectivity index (χ0v) is 86.2. The lowest BCUT2D eigenvalue weighted by atomic mass is 9.52. The molecule has 0 bridgehead atoms. The number of rotatable bonds is 6. The van der Waals surface area contributed by atoms with Crippen LogP contribution in [0.1, 0.15) is 361 Å². The number of hydrogen-bond donors (Lipinski definition) is 6. The molecule has 10 fully saturated rings. The molecule has 732 valence electrons. The van der Waals surface area contributed by atoms with Crippen LogP contribution in [0, 0.1) is 181 Å². The summed E-state index contributed by atoms with van der Waals surface area (Å²) in [6.45, 7) is 38.1.